The number of hydrogen-bond donors (Lipinski definition) is 2. The van der Waals surface area contributed by atoms with Gasteiger partial charge >= 0.3 is 0 Å². The van der Waals surface area contributed by atoms with E-state index in [1.54, 1.807) is 24.4 Å². The minimum atomic E-state index is -0.133. The van der Waals surface area contributed by atoms with Crippen molar-refractivity contribution in [3.05, 3.63) is 40.6 Å². The van der Waals surface area contributed by atoms with Gasteiger partial charge in [0.25, 0.3) is 5.91 Å². The fourth-order valence-electron chi connectivity index (χ4n) is 1.97. The molecule has 0 aliphatic carbocycles. The molecule has 0 spiro atoms. The summed E-state index contributed by atoms with van der Waals surface area (Å²) in [5, 5.41) is 14.5. The Morgan fingerprint density at radius 1 is 1.50 bits per heavy atom. The summed E-state index contributed by atoms with van der Waals surface area (Å²) in [6, 6.07) is 5.35. The van der Waals surface area contributed by atoms with E-state index in [4.69, 9.17) is 16.3 Å². The first-order valence-corrected chi connectivity index (χ1v) is 7.98. The zero-order valence-electron chi connectivity index (χ0n) is 11.5. The van der Waals surface area contributed by atoms with Gasteiger partial charge in [-0.25, -0.2) is 0 Å². The molecule has 6 nitrogen and oxygen atoms in total. The molecule has 2 N–H and O–H groups in total. The van der Waals surface area contributed by atoms with E-state index in [2.05, 4.69) is 20.7 Å². The quantitative estimate of drug-likeness (QED) is 0.646. The molecule has 1 amide bonds. The zero-order chi connectivity index (χ0) is 15.4. The van der Waals surface area contributed by atoms with Gasteiger partial charge in [0.05, 0.1) is 11.8 Å². The van der Waals surface area contributed by atoms with Crippen LogP contribution in [0.3, 0.4) is 0 Å². The molecular formula is C14H13ClN4O2S. The number of H-pyrrole nitrogens is 1. The highest BCUT2D eigenvalue weighted by atomic mass is 35.5. The second-order valence-corrected chi connectivity index (χ2v) is 6.10. The molecule has 2 heterocycles. The summed E-state index contributed by atoms with van der Waals surface area (Å²) >= 11 is 7.47. The Kier molecular flexibility index (Phi) is 4.65. The lowest BCUT2D eigenvalue weighted by atomic mass is 10.1. The highest BCUT2D eigenvalue weighted by Crippen LogP contribution is 2.28. The van der Waals surface area contributed by atoms with Crippen LogP contribution in [-0.4, -0.2) is 40.2 Å². The Bertz CT molecular complexity index is 703. The SMILES string of the molecule is O=C(NCCSc1cn[nH]n1)C1=Cc2cc(Cl)ccc2OC1. The van der Waals surface area contributed by atoms with Crippen LogP contribution in [0.4, 0.5) is 0 Å². The molecule has 0 fully saturated rings. The zero-order valence-corrected chi connectivity index (χ0v) is 13.1. The first-order valence-electron chi connectivity index (χ1n) is 6.62. The van der Waals surface area contributed by atoms with Crippen molar-refractivity contribution in [1.82, 2.24) is 20.7 Å². The number of thioether (sulfide) groups is 1. The lowest BCUT2D eigenvalue weighted by Crippen LogP contribution is -2.30. The summed E-state index contributed by atoms with van der Waals surface area (Å²) in [4.78, 5) is 12.1. The van der Waals surface area contributed by atoms with Crippen molar-refractivity contribution in [3.8, 4) is 5.75 Å². The smallest absolute Gasteiger partial charge is 0.250 e. The van der Waals surface area contributed by atoms with Crippen LogP contribution in [0.1, 0.15) is 5.56 Å². The van der Waals surface area contributed by atoms with Gasteiger partial charge in [-0.2, -0.15) is 10.3 Å². The molecule has 0 saturated heterocycles. The number of benzene rings is 1. The van der Waals surface area contributed by atoms with Crippen molar-refractivity contribution >= 4 is 35.3 Å². The lowest BCUT2D eigenvalue weighted by molar-refractivity contribution is -0.117. The molecule has 8 heteroatoms. The summed E-state index contributed by atoms with van der Waals surface area (Å²) in [6.45, 7) is 0.799. The number of aromatic nitrogens is 3. The summed E-state index contributed by atoms with van der Waals surface area (Å²) < 4.78 is 5.56. The van der Waals surface area contributed by atoms with E-state index < -0.39 is 0 Å². The molecule has 0 bridgehead atoms. The molecule has 2 aromatic rings. The molecule has 0 unspecified atom stereocenters. The molecule has 1 aliphatic heterocycles. The number of ether oxygens (including phenoxy) is 1. The summed E-state index contributed by atoms with van der Waals surface area (Å²) in [7, 11) is 0. The minimum Gasteiger partial charge on any atom is -0.488 e. The maximum atomic E-state index is 12.1. The second kappa shape index (κ2) is 6.85. The van der Waals surface area contributed by atoms with Crippen LogP contribution in [0, 0.1) is 0 Å². The fourth-order valence-corrected chi connectivity index (χ4v) is 2.80. The molecule has 22 heavy (non-hydrogen) atoms. The molecular weight excluding hydrogens is 324 g/mol. The second-order valence-electron chi connectivity index (χ2n) is 4.55. The Hall–Kier alpha value is -1.99. The third-order valence-electron chi connectivity index (χ3n) is 3.01. The van der Waals surface area contributed by atoms with Gasteiger partial charge in [0.15, 0.2) is 0 Å². The van der Waals surface area contributed by atoms with E-state index in [9.17, 15) is 4.79 Å². The van der Waals surface area contributed by atoms with E-state index in [1.165, 1.54) is 11.8 Å². The predicted molar refractivity (Wildman–Crippen MR) is 85.0 cm³/mol. The average molecular weight is 337 g/mol. The van der Waals surface area contributed by atoms with Crippen molar-refractivity contribution in [1.29, 1.82) is 0 Å². The Labute approximate surface area is 136 Å². The van der Waals surface area contributed by atoms with Crippen molar-refractivity contribution in [2.75, 3.05) is 18.9 Å². The standard InChI is InChI=1S/C14H13ClN4O2S/c15-11-1-2-12-9(6-11)5-10(8-21-12)14(20)16-3-4-22-13-7-17-19-18-13/h1-2,5-7H,3-4,8H2,(H,16,20)(H,17,18,19). The van der Waals surface area contributed by atoms with Crippen molar-refractivity contribution < 1.29 is 9.53 Å². The van der Waals surface area contributed by atoms with Crippen LogP contribution in [0.5, 0.6) is 5.75 Å². The predicted octanol–water partition coefficient (Wildman–Crippen LogP) is 2.14. The third-order valence-corrected chi connectivity index (χ3v) is 4.14. The molecule has 1 aromatic carbocycles. The van der Waals surface area contributed by atoms with E-state index >= 15 is 0 Å². The summed E-state index contributed by atoms with van der Waals surface area (Å²) in [5.41, 5.74) is 1.40. The average Bonchev–Trinajstić information content (AvgIpc) is 3.04. The van der Waals surface area contributed by atoms with Gasteiger partial charge in [-0.15, -0.1) is 16.9 Å². The van der Waals surface area contributed by atoms with E-state index in [1.807, 2.05) is 6.08 Å². The van der Waals surface area contributed by atoms with Crippen LogP contribution in [-0.2, 0) is 4.79 Å². The van der Waals surface area contributed by atoms with Crippen LogP contribution in [0.15, 0.2) is 35.0 Å². The Morgan fingerprint density at radius 2 is 2.41 bits per heavy atom. The van der Waals surface area contributed by atoms with Gasteiger partial charge in [-0.05, 0) is 24.3 Å². The van der Waals surface area contributed by atoms with E-state index in [0.717, 1.165) is 22.1 Å². The monoisotopic (exact) mass is 336 g/mol. The molecule has 0 saturated carbocycles. The first kappa shape index (κ1) is 14.9. The number of nitrogens with one attached hydrogen (secondary N) is 2. The number of carbonyl (C=O) groups is 1. The third kappa shape index (κ3) is 3.61. The maximum absolute atomic E-state index is 12.1. The largest absolute Gasteiger partial charge is 0.488 e. The number of nitrogens with zero attached hydrogens (tertiary/aromatic N) is 2. The molecule has 1 aliphatic rings. The van der Waals surface area contributed by atoms with Gasteiger partial charge in [0.2, 0.25) is 0 Å². The highest BCUT2D eigenvalue weighted by molar-refractivity contribution is 7.99. The summed E-state index contributed by atoms with van der Waals surface area (Å²) in [6.07, 6.45) is 3.45. The number of halogens is 1. The number of carbonyl (C=O) groups excluding carboxylic acids is 1. The molecule has 0 radical (unpaired) electrons. The highest BCUT2D eigenvalue weighted by Gasteiger charge is 2.17. The Balaban J connectivity index is 1.54. The van der Waals surface area contributed by atoms with Crippen LogP contribution < -0.4 is 10.1 Å². The minimum absolute atomic E-state index is 0.133. The van der Waals surface area contributed by atoms with Crippen LogP contribution in [0.25, 0.3) is 6.08 Å². The van der Waals surface area contributed by atoms with E-state index in [-0.39, 0.29) is 12.5 Å². The van der Waals surface area contributed by atoms with Gasteiger partial charge in [0.1, 0.15) is 17.4 Å². The van der Waals surface area contributed by atoms with Crippen molar-refractivity contribution in [3.63, 3.8) is 0 Å². The normalized spacial score (nSPS) is 13.0. The number of fused-ring (bicyclic) bond motifs is 1. The van der Waals surface area contributed by atoms with Crippen LogP contribution in [0.2, 0.25) is 5.02 Å². The first-order chi connectivity index (χ1) is 10.7. The van der Waals surface area contributed by atoms with Crippen molar-refractivity contribution in [2.45, 2.75) is 5.03 Å². The van der Waals surface area contributed by atoms with Crippen LogP contribution >= 0.6 is 23.4 Å². The molecule has 3 rings (SSSR count). The number of hydrogen-bond acceptors (Lipinski definition) is 5. The van der Waals surface area contributed by atoms with Gasteiger partial charge in [-0.1, -0.05) is 11.6 Å². The number of rotatable bonds is 5. The topological polar surface area (TPSA) is 79.9 Å². The number of amides is 1. The van der Waals surface area contributed by atoms with E-state index in [0.29, 0.717) is 17.1 Å². The van der Waals surface area contributed by atoms with Gasteiger partial charge in [0, 0.05) is 22.9 Å². The Morgan fingerprint density at radius 3 is 3.23 bits per heavy atom. The number of aromatic amines is 1. The van der Waals surface area contributed by atoms with Gasteiger partial charge < -0.3 is 10.1 Å². The molecule has 114 valence electrons. The molecule has 1 aromatic heterocycles. The lowest BCUT2D eigenvalue weighted by Gasteiger charge is -2.17. The molecule has 0 atom stereocenters. The van der Waals surface area contributed by atoms with Gasteiger partial charge in [-0.3, -0.25) is 4.79 Å². The fraction of sp³-hybridized carbons (Fsp3) is 0.214. The maximum Gasteiger partial charge on any atom is 0.250 e. The van der Waals surface area contributed by atoms with Crippen molar-refractivity contribution in [2.24, 2.45) is 0 Å². The summed E-state index contributed by atoms with van der Waals surface area (Å²) in [5.74, 6) is 1.32.